The molecule has 7 nitrogen and oxygen atoms in total. The Labute approximate surface area is 187 Å². The Balaban J connectivity index is 1.44. The Bertz CT molecular complexity index is 1200. The normalized spacial score (nSPS) is 15.9. The molecule has 1 aliphatic rings. The van der Waals surface area contributed by atoms with E-state index < -0.39 is 6.10 Å². The molecule has 0 spiro atoms. The van der Waals surface area contributed by atoms with Gasteiger partial charge in [0, 0.05) is 31.0 Å². The van der Waals surface area contributed by atoms with Crippen molar-refractivity contribution >= 4 is 27.8 Å². The van der Waals surface area contributed by atoms with Crippen molar-refractivity contribution in [1.29, 1.82) is 0 Å². The van der Waals surface area contributed by atoms with Crippen LogP contribution in [-0.4, -0.2) is 62.3 Å². The summed E-state index contributed by atoms with van der Waals surface area (Å²) in [6.07, 6.45) is 3.83. The molecule has 32 heavy (non-hydrogen) atoms. The SMILES string of the molecule is Oc1ccc2c(c1)[nH]c1nc(Cc3ccccc3)nc(NCC(O)CN3CCCCC3)c12. The lowest BCUT2D eigenvalue weighted by atomic mass is 10.1. The molecule has 4 aromatic rings. The van der Waals surface area contributed by atoms with Gasteiger partial charge < -0.3 is 25.4 Å². The maximum Gasteiger partial charge on any atom is 0.144 e. The second kappa shape index (κ2) is 9.14. The molecule has 1 aliphatic heterocycles. The number of piperidine rings is 1. The lowest BCUT2D eigenvalue weighted by molar-refractivity contribution is 0.109. The summed E-state index contributed by atoms with van der Waals surface area (Å²) in [5.74, 6) is 1.61. The third kappa shape index (κ3) is 4.54. The first-order valence-electron chi connectivity index (χ1n) is 11.4. The molecule has 166 valence electrons. The standard InChI is InChI=1S/C25H29N5O2/c31-18-9-10-20-21(14-18)27-25-23(20)24(26-15-19(32)16-30-11-5-2-6-12-30)28-22(29-25)13-17-7-3-1-4-8-17/h1,3-4,7-10,14,19,31-32H,2,5-6,11-13,15-16H2,(H2,26,27,28,29). The lowest BCUT2D eigenvalue weighted by Crippen LogP contribution is -2.39. The second-order valence-electron chi connectivity index (χ2n) is 8.63. The number of hydrogen-bond donors (Lipinski definition) is 4. The number of aliphatic hydroxyl groups is 1. The van der Waals surface area contributed by atoms with E-state index in [1.54, 1.807) is 12.1 Å². The van der Waals surface area contributed by atoms with Gasteiger partial charge in [-0.3, -0.25) is 0 Å². The van der Waals surface area contributed by atoms with Crippen LogP contribution in [-0.2, 0) is 6.42 Å². The van der Waals surface area contributed by atoms with Gasteiger partial charge in [0.15, 0.2) is 0 Å². The van der Waals surface area contributed by atoms with Crippen LogP contribution in [0.5, 0.6) is 5.75 Å². The van der Waals surface area contributed by atoms with Crippen molar-refractivity contribution in [2.75, 3.05) is 31.5 Å². The van der Waals surface area contributed by atoms with Crippen molar-refractivity contribution in [3.63, 3.8) is 0 Å². The van der Waals surface area contributed by atoms with Gasteiger partial charge >= 0.3 is 0 Å². The molecule has 0 amide bonds. The molecule has 3 heterocycles. The summed E-state index contributed by atoms with van der Waals surface area (Å²) in [7, 11) is 0. The number of fused-ring (bicyclic) bond motifs is 3. The number of aromatic hydroxyl groups is 1. The molecule has 0 aliphatic carbocycles. The van der Waals surface area contributed by atoms with E-state index in [2.05, 4.69) is 27.3 Å². The van der Waals surface area contributed by atoms with Crippen molar-refractivity contribution < 1.29 is 10.2 Å². The Hall–Kier alpha value is -3.16. The number of aromatic nitrogens is 3. The van der Waals surface area contributed by atoms with Crippen molar-refractivity contribution in [3.8, 4) is 5.75 Å². The monoisotopic (exact) mass is 431 g/mol. The maximum absolute atomic E-state index is 10.7. The molecule has 7 heteroatoms. The number of likely N-dealkylation sites (tertiary alicyclic amines) is 1. The van der Waals surface area contributed by atoms with Gasteiger partial charge in [0.05, 0.1) is 17.0 Å². The zero-order valence-electron chi connectivity index (χ0n) is 18.1. The van der Waals surface area contributed by atoms with Gasteiger partial charge in [0.25, 0.3) is 0 Å². The molecule has 0 bridgehead atoms. The quantitative estimate of drug-likeness (QED) is 0.357. The topological polar surface area (TPSA) is 97.3 Å². The number of aliphatic hydroxyl groups excluding tert-OH is 1. The van der Waals surface area contributed by atoms with E-state index in [0.717, 1.165) is 40.6 Å². The van der Waals surface area contributed by atoms with Gasteiger partial charge in [0.2, 0.25) is 0 Å². The number of nitrogens with zero attached hydrogens (tertiary/aromatic N) is 3. The van der Waals surface area contributed by atoms with Crippen LogP contribution in [0.25, 0.3) is 21.9 Å². The molecule has 2 aromatic heterocycles. The Morgan fingerprint density at radius 3 is 2.66 bits per heavy atom. The molecule has 1 saturated heterocycles. The number of phenolic OH excluding ortho intramolecular Hbond substituents is 1. The zero-order chi connectivity index (χ0) is 21.9. The minimum atomic E-state index is -0.482. The smallest absolute Gasteiger partial charge is 0.144 e. The van der Waals surface area contributed by atoms with E-state index in [-0.39, 0.29) is 5.75 Å². The molecule has 5 rings (SSSR count). The number of nitrogens with one attached hydrogen (secondary N) is 2. The minimum absolute atomic E-state index is 0.202. The molecule has 0 radical (unpaired) electrons. The molecule has 0 saturated carbocycles. The third-order valence-corrected chi connectivity index (χ3v) is 6.11. The highest BCUT2D eigenvalue weighted by Crippen LogP contribution is 2.31. The number of aromatic amines is 1. The van der Waals surface area contributed by atoms with Crippen LogP contribution in [0, 0.1) is 0 Å². The van der Waals surface area contributed by atoms with E-state index in [1.807, 2.05) is 24.3 Å². The van der Waals surface area contributed by atoms with Gasteiger partial charge in [-0.15, -0.1) is 0 Å². The first kappa shape index (κ1) is 20.7. The first-order chi connectivity index (χ1) is 15.7. The fraction of sp³-hybridized carbons (Fsp3) is 0.360. The van der Waals surface area contributed by atoms with Crippen LogP contribution in [0.15, 0.2) is 48.5 Å². The Morgan fingerprint density at radius 1 is 1.03 bits per heavy atom. The van der Waals surface area contributed by atoms with E-state index >= 15 is 0 Å². The first-order valence-corrected chi connectivity index (χ1v) is 11.4. The fourth-order valence-corrected chi connectivity index (χ4v) is 4.54. The average molecular weight is 432 g/mol. The Morgan fingerprint density at radius 2 is 1.84 bits per heavy atom. The summed E-state index contributed by atoms with van der Waals surface area (Å²) in [5, 5.41) is 25.8. The number of hydrogen-bond acceptors (Lipinski definition) is 6. The summed E-state index contributed by atoms with van der Waals surface area (Å²) in [6.45, 7) is 3.20. The summed E-state index contributed by atoms with van der Waals surface area (Å²) in [5.41, 5.74) is 2.67. The minimum Gasteiger partial charge on any atom is -0.508 e. The zero-order valence-corrected chi connectivity index (χ0v) is 18.1. The molecule has 4 N–H and O–H groups in total. The summed E-state index contributed by atoms with van der Waals surface area (Å²) >= 11 is 0. The van der Waals surface area contributed by atoms with E-state index in [9.17, 15) is 10.2 Å². The molecule has 1 atom stereocenters. The highest BCUT2D eigenvalue weighted by atomic mass is 16.3. The van der Waals surface area contributed by atoms with Crippen molar-refractivity contribution in [2.45, 2.75) is 31.8 Å². The number of benzene rings is 2. The molecular formula is C25H29N5O2. The number of rotatable bonds is 7. The van der Waals surface area contributed by atoms with Crippen molar-refractivity contribution in [1.82, 2.24) is 19.9 Å². The van der Waals surface area contributed by atoms with Crippen LogP contribution in [0.1, 0.15) is 30.7 Å². The number of anilines is 1. The van der Waals surface area contributed by atoms with Crippen molar-refractivity contribution in [3.05, 3.63) is 59.9 Å². The molecule has 2 aromatic carbocycles. The summed E-state index contributed by atoms with van der Waals surface area (Å²) in [4.78, 5) is 15.2. The van der Waals surface area contributed by atoms with Crippen LogP contribution in [0.3, 0.4) is 0 Å². The maximum atomic E-state index is 10.7. The van der Waals surface area contributed by atoms with Gasteiger partial charge in [-0.1, -0.05) is 36.8 Å². The number of phenols is 1. The molecule has 1 fully saturated rings. The van der Waals surface area contributed by atoms with Gasteiger partial charge in [-0.25, -0.2) is 9.97 Å². The third-order valence-electron chi connectivity index (χ3n) is 6.11. The highest BCUT2D eigenvalue weighted by molar-refractivity contribution is 6.11. The van der Waals surface area contributed by atoms with E-state index in [1.165, 1.54) is 19.3 Å². The predicted octanol–water partition coefficient (Wildman–Crippen LogP) is 3.67. The summed E-state index contributed by atoms with van der Waals surface area (Å²) in [6, 6.07) is 15.4. The van der Waals surface area contributed by atoms with E-state index in [4.69, 9.17) is 9.97 Å². The predicted molar refractivity (Wildman–Crippen MR) is 127 cm³/mol. The van der Waals surface area contributed by atoms with E-state index in [0.29, 0.717) is 31.2 Å². The van der Waals surface area contributed by atoms with Crippen LogP contribution >= 0.6 is 0 Å². The molecule has 1 unspecified atom stereocenters. The second-order valence-corrected chi connectivity index (χ2v) is 8.63. The van der Waals surface area contributed by atoms with Crippen LogP contribution in [0.4, 0.5) is 5.82 Å². The largest absolute Gasteiger partial charge is 0.508 e. The fourth-order valence-electron chi connectivity index (χ4n) is 4.54. The van der Waals surface area contributed by atoms with Crippen LogP contribution < -0.4 is 5.32 Å². The van der Waals surface area contributed by atoms with Crippen molar-refractivity contribution in [2.24, 2.45) is 0 Å². The van der Waals surface area contributed by atoms with Gasteiger partial charge in [-0.2, -0.15) is 0 Å². The highest BCUT2D eigenvalue weighted by Gasteiger charge is 2.18. The summed E-state index contributed by atoms with van der Waals surface area (Å²) < 4.78 is 0. The molecular weight excluding hydrogens is 402 g/mol. The Kier molecular flexibility index (Phi) is 5.92. The number of β-amino-alcohol motifs (C(OH)–C–C–N with tert-alkyl or cyclic N) is 1. The lowest BCUT2D eigenvalue weighted by Gasteiger charge is -2.28. The van der Waals surface area contributed by atoms with Gasteiger partial charge in [-0.05, 0) is 43.6 Å². The number of H-pyrrole nitrogens is 1. The van der Waals surface area contributed by atoms with Crippen LogP contribution in [0.2, 0.25) is 0 Å². The average Bonchev–Trinajstić information content (AvgIpc) is 3.16. The van der Waals surface area contributed by atoms with Gasteiger partial charge in [0.1, 0.15) is 23.0 Å².